The fraction of sp³-hybridized carbons (Fsp3) is 0.462. The number of hydrogen-bond donors (Lipinski definition) is 1. The summed E-state index contributed by atoms with van der Waals surface area (Å²) in [4.78, 5) is 13.0. The van der Waals surface area contributed by atoms with Crippen LogP contribution in [-0.2, 0) is 11.3 Å². The van der Waals surface area contributed by atoms with E-state index >= 15 is 0 Å². The molecule has 0 aromatic carbocycles. The second-order valence-electron chi connectivity index (χ2n) is 4.60. The molecule has 92 valence electrons. The van der Waals surface area contributed by atoms with E-state index in [-0.39, 0.29) is 0 Å². The van der Waals surface area contributed by atoms with Crippen molar-refractivity contribution in [3.05, 3.63) is 34.0 Å². The van der Waals surface area contributed by atoms with Gasteiger partial charge in [-0.2, -0.15) is 11.3 Å². The van der Waals surface area contributed by atoms with Crippen molar-refractivity contribution in [2.24, 2.45) is 0 Å². The second-order valence-corrected chi connectivity index (χ2v) is 5.38. The molecular formula is C13H17NO2S. The summed E-state index contributed by atoms with van der Waals surface area (Å²) in [6, 6.07) is 2.78. The van der Waals surface area contributed by atoms with Gasteiger partial charge in [-0.3, -0.25) is 4.90 Å². The van der Waals surface area contributed by atoms with Crippen molar-refractivity contribution >= 4 is 17.3 Å². The summed E-state index contributed by atoms with van der Waals surface area (Å²) in [5, 5.41) is 13.0. The van der Waals surface area contributed by atoms with Gasteiger partial charge in [-0.1, -0.05) is 5.57 Å². The largest absolute Gasteiger partial charge is 0.478 e. The Kier molecular flexibility index (Phi) is 3.97. The summed E-state index contributed by atoms with van der Waals surface area (Å²) in [6.45, 7) is 3.57. The van der Waals surface area contributed by atoms with Crippen molar-refractivity contribution in [1.82, 2.24) is 4.90 Å². The predicted octanol–water partition coefficient (Wildman–Crippen LogP) is 2.74. The van der Waals surface area contributed by atoms with E-state index < -0.39 is 5.97 Å². The monoisotopic (exact) mass is 251 g/mol. The molecule has 0 aliphatic heterocycles. The van der Waals surface area contributed by atoms with Gasteiger partial charge in [0.2, 0.25) is 0 Å². The lowest BCUT2D eigenvalue weighted by atomic mass is 10.2. The molecule has 0 saturated heterocycles. The maximum atomic E-state index is 10.6. The first-order valence-corrected chi connectivity index (χ1v) is 6.74. The van der Waals surface area contributed by atoms with Crippen LogP contribution in [0.15, 0.2) is 28.5 Å². The normalized spacial score (nSPS) is 16.5. The van der Waals surface area contributed by atoms with Crippen LogP contribution in [-0.4, -0.2) is 28.6 Å². The number of hydrogen-bond acceptors (Lipinski definition) is 3. The highest BCUT2D eigenvalue weighted by molar-refractivity contribution is 7.07. The van der Waals surface area contributed by atoms with Crippen LogP contribution in [0, 0.1) is 0 Å². The zero-order valence-electron chi connectivity index (χ0n) is 9.93. The number of carboxylic acids is 1. The maximum Gasteiger partial charge on any atom is 0.328 e. The third-order valence-corrected chi connectivity index (χ3v) is 3.58. The predicted molar refractivity (Wildman–Crippen MR) is 69.1 cm³/mol. The Hall–Kier alpha value is -1.13. The third-order valence-electron chi connectivity index (χ3n) is 2.85. The molecule has 1 fully saturated rings. The van der Waals surface area contributed by atoms with Gasteiger partial charge in [0.05, 0.1) is 0 Å². The van der Waals surface area contributed by atoms with E-state index in [4.69, 9.17) is 5.11 Å². The van der Waals surface area contributed by atoms with Crippen LogP contribution in [0.1, 0.15) is 25.3 Å². The topological polar surface area (TPSA) is 40.5 Å². The van der Waals surface area contributed by atoms with Gasteiger partial charge >= 0.3 is 5.97 Å². The molecule has 1 heterocycles. The van der Waals surface area contributed by atoms with Crippen LogP contribution in [0.5, 0.6) is 0 Å². The average Bonchev–Trinajstić information content (AvgIpc) is 2.96. The highest BCUT2D eigenvalue weighted by Crippen LogP contribution is 2.29. The lowest BCUT2D eigenvalue weighted by molar-refractivity contribution is -0.131. The minimum Gasteiger partial charge on any atom is -0.478 e. The Labute approximate surface area is 105 Å². The third kappa shape index (κ3) is 3.98. The molecule has 3 nitrogen and oxygen atoms in total. The van der Waals surface area contributed by atoms with Crippen molar-refractivity contribution in [3.8, 4) is 0 Å². The van der Waals surface area contributed by atoms with Crippen LogP contribution in [0.2, 0.25) is 0 Å². The maximum absolute atomic E-state index is 10.6. The Morgan fingerprint density at radius 3 is 2.94 bits per heavy atom. The lowest BCUT2D eigenvalue weighted by Gasteiger charge is -2.21. The average molecular weight is 251 g/mol. The molecule has 0 unspecified atom stereocenters. The Bertz CT molecular complexity index is 407. The minimum atomic E-state index is -0.853. The summed E-state index contributed by atoms with van der Waals surface area (Å²) in [5.41, 5.74) is 2.24. The molecular weight excluding hydrogens is 234 g/mol. The van der Waals surface area contributed by atoms with Gasteiger partial charge in [0.1, 0.15) is 0 Å². The summed E-state index contributed by atoms with van der Waals surface area (Å²) in [5.74, 6) is -0.853. The fourth-order valence-corrected chi connectivity index (χ4v) is 2.61. The van der Waals surface area contributed by atoms with Gasteiger partial charge in [0, 0.05) is 25.2 Å². The molecule has 0 radical (unpaired) electrons. The van der Waals surface area contributed by atoms with E-state index in [0.29, 0.717) is 6.04 Å². The van der Waals surface area contributed by atoms with Crippen molar-refractivity contribution in [2.75, 3.05) is 6.54 Å². The molecule has 1 aliphatic carbocycles. The molecule has 17 heavy (non-hydrogen) atoms. The van der Waals surface area contributed by atoms with E-state index in [2.05, 4.69) is 21.7 Å². The van der Waals surface area contributed by atoms with Crippen molar-refractivity contribution < 1.29 is 9.90 Å². The standard InChI is InChI=1S/C13H17NO2S/c1-10(6-13(15)16)7-14(12-2-3-12)8-11-4-5-17-9-11/h4-6,9,12H,2-3,7-8H2,1H3,(H,15,16). The highest BCUT2D eigenvalue weighted by Gasteiger charge is 2.28. The first kappa shape index (κ1) is 12.3. The lowest BCUT2D eigenvalue weighted by Crippen LogP contribution is -2.27. The first-order chi connectivity index (χ1) is 8.15. The van der Waals surface area contributed by atoms with Crippen molar-refractivity contribution in [3.63, 3.8) is 0 Å². The van der Waals surface area contributed by atoms with Gasteiger partial charge in [0.25, 0.3) is 0 Å². The smallest absolute Gasteiger partial charge is 0.328 e. The summed E-state index contributed by atoms with van der Waals surface area (Å²) < 4.78 is 0. The van der Waals surface area contributed by atoms with Crippen molar-refractivity contribution in [2.45, 2.75) is 32.4 Å². The number of carbonyl (C=O) groups is 1. The molecule has 0 atom stereocenters. The molecule has 4 heteroatoms. The number of carboxylic acid groups (broad SMARTS) is 1. The molecule has 0 bridgehead atoms. The summed E-state index contributed by atoms with van der Waals surface area (Å²) in [7, 11) is 0. The van der Waals surface area contributed by atoms with Crippen LogP contribution in [0.4, 0.5) is 0 Å². The Balaban J connectivity index is 1.96. The fourth-order valence-electron chi connectivity index (χ4n) is 1.95. The molecule has 0 amide bonds. The zero-order valence-corrected chi connectivity index (χ0v) is 10.7. The SMILES string of the molecule is CC(=CC(=O)O)CN(Cc1ccsc1)C1CC1. The van der Waals surface area contributed by atoms with Crippen LogP contribution < -0.4 is 0 Å². The van der Waals surface area contributed by atoms with Crippen LogP contribution in [0.25, 0.3) is 0 Å². The van der Waals surface area contributed by atoms with E-state index in [1.807, 2.05) is 6.92 Å². The van der Waals surface area contributed by atoms with Gasteiger partial charge in [-0.25, -0.2) is 4.79 Å². The molecule has 1 aliphatic rings. The quantitative estimate of drug-likeness (QED) is 0.790. The highest BCUT2D eigenvalue weighted by atomic mass is 32.1. The summed E-state index contributed by atoms with van der Waals surface area (Å²) in [6.07, 6.45) is 3.79. The number of thiophene rings is 1. The molecule has 1 aromatic heterocycles. The van der Waals surface area contributed by atoms with Crippen LogP contribution in [0.3, 0.4) is 0 Å². The van der Waals surface area contributed by atoms with Gasteiger partial charge < -0.3 is 5.11 Å². The van der Waals surface area contributed by atoms with Gasteiger partial charge in [0.15, 0.2) is 0 Å². The molecule has 1 aromatic rings. The summed E-state index contributed by atoms with van der Waals surface area (Å²) >= 11 is 1.71. The van der Waals surface area contributed by atoms with E-state index in [1.54, 1.807) is 11.3 Å². The molecule has 1 saturated carbocycles. The number of rotatable bonds is 6. The zero-order chi connectivity index (χ0) is 12.3. The molecule has 0 spiro atoms. The second kappa shape index (κ2) is 5.47. The van der Waals surface area contributed by atoms with Crippen LogP contribution >= 0.6 is 11.3 Å². The Morgan fingerprint density at radius 1 is 1.65 bits per heavy atom. The van der Waals surface area contributed by atoms with E-state index in [9.17, 15) is 4.79 Å². The minimum absolute atomic E-state index is 0.645. The Morgan fingerprint density at radius 2 is 2.41 bits per heavy atom. The first-order valence-electron chi connectivity index (χ1n) is 5.80. The van der Waals surface area contributed by atoms with Gasteiger partial charge in [-0.15, -0.1) is 0 Å². The number of nitrogens with zero attached hydrogens (tertiary/aromatic N) is 1. The van der Waals surface area contributed by atoms with E-state index in [1.165, 1.54) is 24.5 Å². The van der Waals surface area contributed by atoms with Gasteiger partial charge in [-0.05, 0) is 42.2 Å². The van der Waals surface area contributed by atoms with Crippen molar-refractivity contribution in [1.29, 1.82) is 0 Å². The number of aliphatic carboxylic acids is 1. The molecule has 1 N–H and O–H groups in total. The van der Waals surface area contributed by atoms with E-state index in [0.717, 1.165) is 18.7 Å². The molecule has 2 rings (SSSR count).